The van der Waals surface area contributed by atoms with Gasteiger partial charge in [-0.2, -0.15) is 0 Å². The summed E-state index contributed by atoms with van der Waals surface area (Å²) in [7, 11) is 0. The molecule has 0 fully saturated rings. The predicted molar refractivity (Wildman–Crippen MR) is 77.6 cm³/mol. The van der Waals surface area contributed by atoms with Crippen molar-refractivity contribution >= 4 is 0 Å². The lowest BCUT2D eigenvalue weighted by Crippen LogP contribution is -2.05. The van der Waals surface area contributed by atoms with E-state index in [4.69, 9.17) is 10.5 Å². The Labute approximate surface area is 114 Å². The van der Waals surface area contributed by atoms with E-state index in [1.807, 2.05) is 25.1 Å². The van der Waals surface area contributed by atoms with Crippen LogP contribution in [-0.4, -0.2) is 4.98 Å². The number of nitrogens with zero attached hydrogens (tertiary/aromatic N) is 1. The SMILES string of the molecule is Cc1cc(C)c(C)c(Oc2cc([C@H](C)N)ccn2)c1. The maximum atomic E-state index is 5.89. The Kier molecular flexibility index (Phi) is 3.86. The lowest BCUT2D eigenvalue weighted by Gasteiger charge is -2.12. The minimum absolute atomic E-state index is 0.0225. The van der Waals surface area contributed by atoms with Crippen molar-refractivity contribution in [3.8, 4) is 11.6 Å². The summed E-state index contributed by atoms with van der Waals surface area (Å²) in [6, 6.07) is 7.95. The Morgan fingerprint density at radius 2 is 1.89 bits per heavy atom. The number of benzene rings is 1. The Balaban J connectivity index is 2.33. The number of nitrogens with two attached hydrogens (primary N) is 1. The van der Waals surface area contributed by atoms with E-state index in [0.717, 1.165) is 16.9 Å². The van der Waals surface area contributed by atoms with E-state index in [2.05, 4.69) is 31.8 Å². The molecule has 0 spiro atoms. The van der Waals surface area contributed by atoms with Gasteiger partial charge in [0.05, 0.1) is 0 Å². The Morgan fingerprint density at radius 3 is 2.58 bits per heavy atom. The second kappa shape index (κ2) is 5.41. The summed E-state index contributed by atoms with van der Waals surface area (Å²) in [5, 5.41) is 0. The zero-order valence-electron chi connectivity index (χ0n) is 11.9. The van der Waals surface area contributed by atoms with Crippen molar-refractivity contribution in [2.24, 2.45) is 5.73 Å². The van der Waals surface area contributed by atoms with Gasteiger partial charge in [0.2, 0.25) is 5.88 Å². The molecule has 0 saturated carbocycles. The molecule has 0 bridgehead atoms. The van der Waals surface area contributed by atoms with Crippen molar-refractivity contribution in [1.82, 2.24) is 4.98 Å². The topological polar surface area (TPSA) is 48.1 Å². The number of hydrogen-bond donors (Lipinski definition) is 1. The molecule has 2 N–H and O–H groups in total. The molecule has 2 aromatic rings. The average Bonchev–Trinajstić information content (AvgIpc) is 2.35. The van der Waals surface area contributed by atoms with Gasteiger partial charge in [0.1, 0.15) is 5.75 Å². The van der Waals surface area contributed by atoms with Gasteiger partial charge in [-0.25, -0.2) is 4.98 Å². The summed E-state index contributed by atoms with van der Waals surface area (Å²) in [5.41, 5.74) is 10.4. The van der Waals surface area contributed by atoms with Crippen LogP contribution < -0.4 is 10.5 Å². The first-order valence-corrected chi connectivity index (χ1v) is 6.44. The third kappa shape index (κ3) is 3.12. The van der Waals surface area contributed by atoms with Crippen LogP contribution >= 0.6 is 0 Å². The highest BCUT2D eigenvalue weighted by Gasteiger charge is 2.07. The van der Waals surface area contributed by atoms with Crippen LogP contribution in [0.1, 0.15) is 35.2 Å². The number of pyridine rings is 1. The quantitative estimate of drug-likeness (QED) is 0.908. The fourth-order valence-electron chi connectivity index (χ4n) is 1.98. The molecule has 3 nitrogen and oxygen atoms in total. The Bertz CT molecular complexity index is 591. The predicted octanol–water partition coefficient (Wildman–Crippen LogP) is 3.82. The normalized spacial score (nSPS) is 12.3. The highest BCUT2D eigenvalue weighted by atomic mass is 16.5. The van der Waals surface area contributed by atoms with Gasteiger partial charge in [-0.05, 0) is 62.1 Å². The molecule has 0 unspecified atom stereocenters. The summed E-state index contributed by atoms with van der Waals surface area (Å²) < 4.78 is 5.89. The van der Waals surface area contributed by atoms with Gasteiger partial charge >= 0.3 is 0 Å². The van der Waals surface area contributed by atoms with Crippen LogP contribution in [0.3, 0.4) is 0 Å². The van der Waals surface area contributed by atoms with E-state index in [-0.39, 0.29) is 6.04 Å². The summed E-state index contributed by atoms with van der Waals surface area (Å²) in [5.74, 6) is 1.44. The monoisotopic (exact) mass is 256 g/mol. The van der Waals surface area contributed by atoms with Gasteiger partial charge in [-0.15, -0.1) is 0 Å². The van der Waals surface area contributed by atoms with E-state index < -0.39 is 0 Å². The van der Waals surface area contributed by atoms with Gasteiger partial charge in [0.25, 0.3) is 0 Å². The fourth-order valence-corrected chi connectivity index (χ4v) is 1.98. The van der Waals surface area contributed by atoms with Gasteiger partial charge < -0.3 is 10.5 Å². The minimum Gasteiger partial charge on any atom is -0.439 e. The van der Waals surface area contributed by atoms with Crippen molar-refractivity contribution < 1.29 is 4.74 Å². The highest BCUT2D eigenvalue weighted by Crippen LogP contribution is 2.28. The van der Waals surface area contributed by atoms with Gasteiger partial charge in [-0.1, -0.05) is 6.07 Å². The second-order valence-corrected chi connectivity index (χ2v) is 5.02. The zero-order valence-corrected chi connectivity index (χ0v) is 11.9. The van der Waals surface area contributed by atoms with Crippen molar-refractivity contribution in [3.05, 3.63) is 52.7 Å². The number of aromatic nitrogens is 1. The molecule has 1 aromatic heterocycles. The summed E-state index contributed by atoms with van der Waals surface area (Å²) >= 11 is 0. The van der Waals surface area contributed by atoms with E-state index in [9.17, 15) is 0 Å². The lowest BCUT2D eigenvalue weighted by atomic mass is 10.1. The summed E-state index contributed by atoms with van der Waals surface area (Å²) in [4.78, 5) is 4.24. The van der Waals surface area contributed by atoms with Gasteiger partial charge in [-0.3, -0.25) is 0 Å². The fraction of sp³-hybridized carbons (Fsp3) is 0.312. The molecule has 1 aromatic carbocycles. The second-order valence-electron chi connectivity index (χ2n) is 5.02. The van der Waals surface area contributed by atoms with Gasteiger partial charge in [0, 0.05) is 18.3 Å². The largest absolute Gasteiger partial charge is 0.439 e. The molecule has 1 atom stereocenters. The Hall–Kier alpha value is -1.87. The number of ether oxygens (including phenoxy) is 1. The molecule has 2 rings (SSSR count). The van der Waals surface area contributed by atoms with E-state index in [0.29, 0.717) is 5.88 Å². The van der Waals surface area contributed by atoms with Crippen molar-refractivity contribution in [1.29, 1.82) is 0 Å². The van der Waals surface area contributed by atoms with Crippen molar-refractivity contribution in [2.45, 2.75) is 33.7 Å². The smallest absolute Gasteiger partial charge is 0.219 e. The number of rotatable bonds is 3. The molecule has 19 heavy (non-hydrogen) atoms. The maximum absolute atomic E-state index is 5.89. The molecule has 0 radical (unpaired) electrons. The minimum atomic E-state index is -0.0225. The first-order chi connectivity index (χ1) is 8.97. The van der Waals surface area contributed by atoms with Crippen LogP contribution in [0.15, 0.2) is 30.5 Å². The molecular weight excluding hydrogens is 236 g/mol. The molecule has 0 amide bonds. The number of aryl methyl sites for hydroxylation is 2. The van der Waals surface area contributed by atoms with Crippen LogP contribution in [0.4, 0.5) is 0 Å². The van der Waals surface area contributed by atoms with Crippen LogP contribution in [0.2, 0.25) is 0 Å². The molecule has 3 heteroatoms. The third-order valence-corrected chi connectivity index (χ3v) is 3.26. The highest BCUT2D eigenvalue weighted by molar-refractivity contribution is 5.43. The van der Waals surface area contributed by atoms with Crippen LogP contribution in [-0.2, 0) is 0 Å². The van der Waals surface area contributed by atoms with E-state index >= 15 is 0 Å². The standard InChI is InChI=1S/C16H20N2O/c1-10-7-11(2)12(3)15(8-10)19-16-9-14(13(4)17)5-6-18-16/h5-9,13H,17H2,1-4H3/t13-/m0/s1. The molecule has 0 aliphatic heterocycles. The first kappa shape index (κ1) is 13.6. The third-order valence-electron chi connectivity index (χ3n) is 3.26. The van der Waals surface area contributed by atoms with Gasteiger partial charge in [0.15, 0.2) is 0 Å². The van der Waals surface area contributed by atoms with Crippen LogP contribution in [0, 0.1) is 20.8 Å². The molecular formula is C16H20N2O. The maximum Gasteiger partial charge on any atom is 0.219 e. The van der Waals surface area contributed by atoms with Crippen molar-refractivity contribution in [3.63, 3.8) is 0 Å². The van der Waals surface area contributed by atoms with E-state index in [1.54, 1.807) is 6.20 Å². The lowest BCUT2D eigenvalue weighted by molar-refractivity contribution is 0.457. The Morgan fingerprint density at radius 1 is 1.16 bits per heavy atom. The average molecular weight is 256 g/mol. The summed E-state index contributed by atoms with van der Waals surface area (Å²) in [6.07, 6.45) is 1.73. The zero-order chi connectivity index (χ0) is 14.0. The molecule has 0 saturated heterocycles. The van der Waals surface area contributed by atoms with E-state index in [1.165, 1.54) is 11.1 Å². The molecule has 0 aliphatic carbocycles. The van der Waals surface area contributed by atoms with Crippen LogP contribution in [0.25, 0.3) is 0 Å². The van der Waals surface area contributed by atoms with Crippen LogP contribution in [0.5, 0.6) is 11.6 Å². The number of hydrogen-bond acceptors (Lipinski definition) is 3. The van der Waals surface area contributed by atoms with Crippen molar-refractivity contribution in [2.75, 3.05) is 0 Å². The molecule has 100 valence electrons. The molecule has 0 aliphatic rings. The molecule has 1 heterocycles. The first-order valence-electron chi connectivity index (χ1n) is 6.44. The summed E-state index contributed by atoms with van der Waals surface area (Å²) in [6.45, 7) is 8.15.